The number of nitrogens with zero attached hydrogens (tertiary/aromatic N) is 2. The fourth-order valence-electron chi connectivity index (χ4n) is 6.50. The summed E-state index contributed by atoms with van der Waals surface area (Å²) in [4.78, 5) is 30.7. The molecule has 0 radical (unpaired) electrons. The summed E-state index contributed by atoms with van der Waals surface area (Å²) in [6, 6.07) is 7.49. The van der Waals surface area contributed by atoms with E-state index >= 15 is 0 Å². The molecule has 2 aromatic rings. The van der Waals surface area contributed by atoms with E-state index in [0.29, 0.717) is 28.4 Å². The molecule has 1 N–H and O–H groups in total. The highest BCUT2D eigenvalue weighted by atomic mass is 32.2. The molecular formula is C24H31N3O2S. The monoisotopic (exact) mass is 425 g/mol. The molecule has 1 heterocycles. The minimum absolute atomic E-state index is 0.00181. The summed E-state index contributed by atoms with van der Waals surface area (Å²) in [6.45, 7) is 2.76. The number of para-hydroxylation sites is 1. The summed E-state index contributed by atoms with van der Waals surface area (Å²) >= 11 is 1.40. The molecular weight excluding hydrogens is 394 g/mol. The zero-order valence-electron chi connectivity index (χ0n) is 17.7. The second-order valence-electron chi connectivity index (χ2n) is 9.76. The van der Waals surface area contributed by atoms with Gasteiger partial charge in [0, 0.05) is 12.1 Å². The molecule has 160 valence electrons. The first-order valence-electron chi connectivity index (χ1n) is 11.5. The van der Waals surface area contributed by atoms with Crippen LogP contribution in [0, 0.1) is 17.8 Å². The second-order valence-corrected chi connectivity index (χ2v) is 10.7. The van der Waals surface area contributed by atoms with Crippen molar-refractivity contribution in [2.75, 3.05) is 5.75 Å². The minimum atomic E-state index is -0.00181. The lowest BCUT2D eigenvalue weighted by atomic mass is 9.53. The molecule has 1 amide bonds. The molecule has 0 unspecified atom stereocenters. The highest BCUT2D eigenvalue weighted by Gasteiger charge is 2.51. The number of amides is 1. The number of thioether (sulfide) groups is 1. The van der Waals surface area contributed by atoms with Crippen molar-refractivity contribution in [3.63, 3.8) is 0 Å². The summed E-state index contributed by atoms with van der Waals surface area (Å²) in [5, 5.41) is 4.74. The van der Waals surface area contributed by atoms with Crippen molar-refractivity contribution in [1.82, 2.24) is 14.9 Å². The predicted octanol–water partition coefficient (Wildman–Crippen LogP) is 4.37. The maximum Gasteiger partial charge on any atom is 0.262 e. The molecule has 1 aromatic heterocycles. The van der Waals surface area contributed by atoms with Crippen molar-refractivity contribution in [2.45, 2.75) is 75.5 Å². The molecule has 30 heavy (non-hydrogen) atoms. The van der Waals surface area contributed by atoms with Crippen molar-refractivity contribution >= 4 is 28.6 Å². The topological polar surface area (TPSA) is 64.0 Å². The van der Waals surface area contributed by atoms with E-state index in [2.05, 4.69) is 12.2 Å². The van der Waals surface area contributed by atoms with Gasteiger partial charge in [-0.15, -0.1) is 0 Å². The quantitative estimate of drug-likeness (QED) is 0.528. The van der Waals surface area contributed by atoms with E-state index in [1.165, 1.54) is 31.0 Å². The van der Waals surface area contributed by atoms with Gasteiger partial charge in [-0.2, -0.15) is 0 Å². The van der Waals surface area contributed by atoms with Crippen LogP contribution in [0.25, 0.3) is 10.9 Å². The number of hydrogen-bond acceptors (Lipinski definition) is 4. The summed E-state index contributed by atoms with van der Waals surface area (Å²) in [7, 11) is 0. The Labute approximate surface area is 182 Å². The number of fused-ring (bicyclic) bond motifs is 1. The SMILES string of the molecule is CCCCn1c(SCC(=O)NC23CC4CC(CC(C4)C2)C3)nc2ccccc2c1=O. The van der Waals surface area contributed by atoms with Gasteiger partial charge in [-0.3, -0.25) is 14.2 Å². The maximum absolute atomic E-state index is 13.0. The summed E-state index contributed by atoms with van der Waals surface area (Å²) in [6.07, 6.45) is 9.51. The van der Waals surface area contributed by atoms with Crippen LogP contribution in [-0.4, -0.2) is 26.8 Å². The van der Waals surface area contributed by atoms with Crippen LogP contribution in [0.2, 0.25) is 0 Å². The van der Waals surface area contributed by atoms with E-state index in [0.717, 1.165) is 49.9 Å². The van der Waals surface area contributed by atoms with Crippen molar-refractivity contribution < 1.29 is 4.79 Å². The number of carbonyl (C=O) groups is 1. The van der Waals surface area contributed by atoms with Crippen LogP contribution in [0.3, 0.4) is 0 Å². The van der Waals surface area contributed by atoms with Gasteiger partial charge in [-0.25, -0.2) is 4.98 Å². The van der Waals surface area contributed by atoms with E-state index in [1.54, 1.807) is 4.57 Å². The average Bonchev–Trinajstić information content (AvgIpc) is 2.70. The van der Waals surface area contributed by atoms with E-state index in [1.807, 2.05) is 24.3 Å². The summed E-state index contributed by atoms with van der Waals surface area (Å²) in [5.74, 6) is 2.84. The Kier molecular flexibility index (Phi) is 5.38. The average molecular weight is 426 g/mol. The molecule has 4 aliphatic rings. The Hall–Kier alpha value is -1.82. The molecule has 0 saturated heterocycles. The van der Waals surface area contributed by atoms with Crippen molar-refractivity contribution in [3.05, 3.63) is 34.6 Å². The number of unbranched alkanes of at least 4 members (excludes halogenated alkanes) is 1. The van der Waals surface area contributed by atoms with Crippen molar-refractivity contribution in [2.24, 2.45) is 17.8 Å². The second kappa shape index (κ2) is 8.03. The van der Waals surface area contributed by atoms with Gasteiger partial charge in [0.25, 0.3) is 5.56 Å². The molecule has 4 saturated carbocycles. The Balaban J connectivity index is 1.32. The van der Waals surface area contributed by atoms with Gasteiger partial charge in [-0.05, 0) is 74.8 Å². The van der Waals surface area contributed by atoms with Crippen LogP contribution in [0.15, 0.2) is 34.2 Å². The van der Waals surface area contributed by atoms with E-state index < -0.39 is 0 Å². The molecule has 0 atom stereocenters. The molecule has 1 aromatic carbocycles. The van der Waals surface area contributed by atoms with Crippen LogP contribution in [-0.2, 0) is 11.3 Å². The molecule has 4 aliphatic carbocycles. The Morgan fingerprint density at radius 1 is 1.17 bits per heavy atom. The predicted molar refractivity (Wildman–Crippen MR) is 121 cm³/mol. The van der Waals surface area contributed by atoms with Crippen LogP contribution < -0.4 is 10.9 Å². The third-order valence-corrected chi connectivity index (χ3v) is 8.31. The third kappa shape index (κ3) is 3.79. The number of hydrogen-bond donors (Lipinski definition) is 1. The fraction of sp³-hybridized carbons (Fsp3) is 0.625. The highest BCUT2D eigenvalue weighted by Crippen LogP contribution is 2.55. The van der Waals surface area contributed by atoms with Gasteiger partial charge in [-0.1, -0.05) is 37.2 Å². The zero-order valence-corrected chi connectivity index (χ0v) is 18.5. The lowest BCUT2D eigenvalue weighted by Gasteiger charge is -2.56. The normalized spacial score (nSPS) is 29.4. The van der Waals surface area contributed by atoms with Gasteiger partial charge < -0.3 is 5.32 Å². The van der Waals surface area contributed by atoms with Gasteiger partial charge >= 0.3 is 0 Å². The summed E-state index contributed by atoms with van der Waals surface area (Å²) < 4.78 is 1.76. The van der Waals surface area contributed by atoms with Crippen molar-refractivity contribution in [3.8, 4) is 0 Å². The Bertz CT molecular complexity index is 980. The lowest BCUT2D eigenvalue weighted by Crippen LogP contribution is -2.60. The minimum Gasteiger partial charge on any atom is -0.350 e. The lowest BCUT2D eigenvalue weighted by molar-refractivity contribution is -0.124. The number of benzene rings is 1. The van der Waals surface area contributed by atoms with Gasteiger partial charge in [0.05, 0.1) is 16.7 Å². The fourth-order valence-corrected chi connectivity index (χ4v) is 7.32. The number of nitrogens with one attached hydrogen (secondary N) is 1. The number of carbonyl (C=O) groups excluding carboxylic acids is 1. The van der Waals surface area contributed by atoms with Gasteiger partial charge in [0.2, 0.25) is 5.91 Å². The van der Waals surface area contributed by atoms with Crippen molar-refractivity contribution in [1.29, 1.82) is 0 Å². The molecule has 4 fully saturated rings. The molecule has 0 aliphatic heterocycles. The van der Waals surface area contributed by atoms with Crippen LogP contribution in [0.5, 0.6) is 0 Å². The van der Waals surface area contributed by atoms with Crippen LogP contribution in [0.1, 0.15) is 58.3 Å². The number of rotatable bonds is 7. The van der Waals surface area contributed by atoms with Crippen LogP contribution in [0.4, 0.5) is 0 Å². The molecule has 0 spiro atoms. The first-order chi connectivity index (χ1) is 14.5. The summed E-state index contributed by atoms with van der Waals surface area (Å²) in [5.41, 5.74) is 0.739. The smallest absolute Gasteiger partial charge is 0.262 e. The van der Waals surface area contributed by atoms with Gasteiger partial charge in [0.15, 0.2) is 5.16 Å². The standard InChI is InChI=1S/C24H31N3O2S/c1-2-3-8-27-22(29)19-6-4-5-7-20(19)25-23(27)30-15-21(28)26-24-12-16-9-17(13-24)11-18(10-16)14-24/h4-7,16-18H,2-3,8-15H2,1H3,(H,26,28). The zero-order chi connectivity index (χ0) is 20.7. The third-order valence-electron chi connectivity index (χ3n) is 7.34. The Morgan fingerprint density at radius 3 is 2.50 bits per heavy atom. The van der Waals surface area contributed by atoms with E-state index in [4.69, 9.17) is 4.98 Å². The number of aromatic nitrogens is 2. The largest absolute Gasteiger partial charge is 0.350 e. The molecule has 6 rings (SSSR count). The molecule has 5 nitrogen and oxygen atoms in total. The first kappa shape index (κ1) is 20.1. The first-order valence-corrected chi connectivity index (χ1v) is 12.5. The highest BCUT2D eigenvalue weighted by molar-refractivity contribution is 7.99. The maximum atomic E-state index is 13.0. The van der Waals surface area contributed by atoms with E-state index in [-0.39, 0.29) is 17.0 Å². The molecule has 6 heteroatoms. The Morgan fingerprint density at radius 2 is 1.83 bits per heavy atom. The van der Waals surface area contributed by atoms with Crippen LogP contribution >= 0.6 is 11.8 Å². The van der Waals surface area contributed by atoms with E-state index in [9.17, 15) is 9.59 Å². The van der Waals surface area contributed by atoms with Gasteiger partial charge in [0.1, 0.15) is 0 Å². The molecule has 4 bridgehead atoms.